The van der Waals surface area contributed by atoms with Gasteiger partial charge < -0.3 is 11.1 Å². The molecule has 1 amide bonds. The van der Waals surface area contributed by atoms with Crippen molar-refractivity contribution in [2.45, 2.75) is 26.3 Å². The monoisotopic (exact) mass is 187 g/mol. The van der Waals surface area contributed by atoms with E-state index < -0.39 is 0 Å². The standard InChI is InChI=1S/C9H21N3O/c1-8(2)12(7-5-10)6-4-9(13)11-3/h8H,4-7,10H2,1-3H3,(H,11,13). The van der Waals surface area contributed by atoms with Gasteiger partial charge in [-0.15, -0.1) is 0 Å². The van der Waals surface area contributed by atoms with Crippen molar-refractivity contribution < 1.29 is 4.79 Å². The maximum atomic E-state index is 11.0. The summed E-state index contributed by atoms with van der Waals surface area (Å²) in [5.41, 5.74) is 5.46. The van der Waals surface area contributed by atoms with E-state index in [0.29, 0.717) is 19.0 Å². The largest absolute Gasteiger partial charge is 0.359 e. The lowest BCUT2D eigenvalue weighted by atomic mass is 10.2. The van der Waals surface area contributed by atoms with E-state index >= 15 is 0 Å². The van der Waals surface area contributed by atoms with Crippen molar-refractivity contribution in [3.05, 3.63) is 0 Å². The molecule has 0 saturated carbocycles. The first-order valence-corrected chi connectivity index (χ1v) is 4.76. The summed E-state index contributed by atoms with van der Waals surface area (Å²) < 4.78 is 0. The quantitative estimate of drug-likeness (QED) is 0.605. The molecule has 0 radical (unpaired) electrons. The van der Waals surface area contributed by atoms with Crippen molar-refractivity contribution >= 4 is 5.91 Å². The van der Waals surface area contributed by atoms with Crippen LogP contribution in [0.2, 0.25) is 0 Å². The molecule has 3 N–H and O–H groups in total. The third-order valence-corrected chi connectivity index (χ3v) is 2.05. The van der Waals surface area contributed by atoms with Crippen LogP contribution < -0.4 is 11.1 Å². The van der Waals surface area contributed by atoms with Gasteiger partial charge in [-0.2, -0.15) is 0 Å². The first-order chi connectivity index (χ1) is 6.11. The summed E-state index contributed by atoms with van der Waals surface area (Å²) in [6.07, 6.45) is 0.550. The molecule has 4 nitrogen and oxygen atoms in total. The topological polar surface area (TPSA) is 58.4 Å². The number of nitrogens with zero attached hydrogens (tertiary/aromatic N) is 1. The van der Waals surface area contributed by atoms with Gasteiger partial charge in [0.15, 0.2) is 0 Å². The van der Waals surface area contributed by atoms with E-state index in [9.17, 15) is 4.79 Å². The Kier molecular flexibility index (Phi) is 6.54. The lowest BCUT2D eigenvalue weighted by molar-refractivity contribution is -0.121. The van der Waals surface area contributed by atoms with Crippen molar-refractivity contribution in [2.75, 3.05) is 26.7 Å². The average Bonchev–Trinajstić information content (AvgIpc) is 2.11. The second kappa shape index (κ2) is 6.86. The van der Waals surface area contributed by atoms with Crippen LogP contribution in [0.1, 0.15) is 20.3 Å². The molecule has 0 bridgehead atoms. The first kappa shape index (κ1) is 12.4. The predicted octanol–water partition coefficient (Wildman–Crippen LogP) is -0.208. The molecular formula is C9H21N3O. The number of hydrogen-bond acceptors (Lipinski definition) is 3. The fourth-order valence-corrected chi connectivity index (χ4v) is 1.16. The number of nitrogens with one attached hydrogen (secondary N) is 1. The van der Waals surface area contributed by atoms with Gasteiger partial charge in [-0.3, -0.25) is 9.69 Å². The summed E-state index contributed by atoms with van der Waals surface area (Å²) >= 11 is 0. The molecular weight excluding hydrogens is 166 g/mol. The summed E-state index contributed by atoms with van der Waals surface area (Å²) in [4.78, 5) is 13.2. The van der Waals surface area contributed by atoms with E-state index in [1.165, 1.54) is 0 Å². The normalized spacial score (nSPS) is 10.9. The highest BCUT2D eigenvalue weighted by atomic mass is 16.1. The second-order valence-electron chi connectivity index (χ2n) is 3.34. The molecule has 0 rings (SSSR count). The number of nitrogens with two attached hydrogens (primary N) is 1. The third-order valence-electron chi connectivity index (χ3n) is 2.05. The molecule has 0 spiro atoms. The lowest BCUT2D eigenvalue weighted by Crippen LogP contribution is -2.37. The van der Waals surface area contributed by atoms with Gasteiger partial charge in [-0.05, 0) is 13.8 Å². The molecule has 0 aromatic carbocycles. The molecule has 0 aromatic heterocycles. The van der Waals surface area contributed by atoms with Gasteiger partial charge in [0, 0.05) is 39.1 Å². The van der Waals surface area contributed by atoms with Crippen LogP contribution in [0, 0.1) is 0 Å². The fourth-order valence-electron chi connectivity index (χ4n) is 1.16. The summed E-state index contributed by atoms with van der Waals surface area (Å²) in [6, 6.07) is 0.452. The Labute approximate surface area is 80.5 Å². The lowest BCUT2D eigenvalue weighted by Gasteiger charge is -2.25. The molecule has 0 atom stereocenters. The maximum absolute atomic E-state index is 11.0. The Morgan fingerprint density at radius 3 is 2.46 bits per heavy atom. The zero-order valence-corrected chi connectivity index (χ0v) is 8.84. The molecule has 0 aliphatic heterocycles. The van der Waals surface area contributed by atoms with E-state index in [4.69, 9.17) is 5.73 Å². The van der Waals surface area contributed by atoms with Gasteiger partial charge in [0.05, 0.1) is 0 Å². The van der Waals surface area contributed by atoms with Gasteiger partial charge >= 0.3 is 0 Å². The summed E-state index contributed by atoms with van der Waals surface area (Å²) in [5.74, 6) is 0.0858. The third kappa shape index (κ3) is 5.60. The van der Waals surface area contributed by atoms with Gasteiger partial charge in [0.2, 0.25) is 5.91 Å². The highest BCUT2D eigenvalue weighted by Crippen LogP contribution is 1.98. The van der Waals surface area contributed by atoms with E-state index in [1.54, 1.807) is 7.05 Å². The molecule has 0 unspecified atom stereocenters. The molecule has 78 valence electrons. The van der Waals surface area contributed by atoms with Gasteiger partial charge in [-0.25, -0.2) is 0 Å². The predicted molar refractivity (Wildman–Crippen MR) is 54.4 cm³/mol. The molecule has 0 heterocycles. The number of hydrogen-bond donors (Lipinski definition) is 2. The van der Waals surface area contributed by atoms with Crippen LogP contribution in [0.25, 0.3) is 0 Å². The Bertz CT molecular complexity index is 148. The molecule has 0 aromatic rings. The molecule has 13 heavy (non-hydrogen) atoms. The average molecular weight is 187 g/mol. The van der Waals surface area contributed by atoms with Crippen LogP contribution in [0.4, 0.5) is 0 Å². The van der Waals surface area contributed by atoms with E-state index in [0.717, 1.165) is 13.1 Å². The van der Waals surface area contributed by atoms with Crippen LogP contribution in [0.5, 0.6) is 0 Å². The number of rotatable bonds is 6. The zero-order valence-electron chi connectivity index (χ0n) is 8.84. The molecule has 4 heteroatoms. The van der Waals surface area contributed by atoms with Crippen molar-refractivity contribution in [2.24, 2.45) is 5.73 Å². The SMILES string of the molecule is CNC(=O)CCN(CCN)C(C)C. The highest BCUT2D eigenvalue weighted by molar-refractivity contribution is 5.75. The maximum Gasteiger partial charge on any atom is 0.221 e. The minimum atomic E-state index is 0.0858. The minimum absolute atomic E-state index is 0.0858. The van der Waals surface area contributed by atoms with Crippen LogP contribution in [0.3, 0.4) is 0 Å². The van der Waals surface area contributed by atoms with Crippen molar-refractivity contribution in [3.63, 3.8) is 0 Å². The number of amides is 1. The minimum Gasteiger partial charge on any atom is -0.359 e. The Morgan fingerprint density at radius 2 is 2.08 bits per heavy atom. The second-order valence-corrected chi connectivity index (χ2v) is 3.34. The van der Waals surface area contributed by atoms with Gasteiger partial charge in [0.1, 0.15) is 0 Å². The zero-order chi connectivity index (χ0) is 10.3. The summed E-state index contributed by atoms with van der Waals surface area (Å²) in [7, 11) is 1.66. The van der Waals surface area contributed by atoms with Crippen molar-refractivity contribution in [1.29, 1.82) is 0 Å². The molecule has 0 aliphatic carbocycles. The molecule has 0 fully saturated rings. The van der Waals surface area contributed by atoms with Crippen LogP contribution >= 0.6 is 0 Å². The Hall–Kier alpha value is -0.610. The number of carbonyl (C=O) groups excluding carboxylic acids is 1. The first-order valence-electron chi connectivity index (χ1n) is 4.76. The Balaban J connectivity index is 3.75. The fraction of sp³-hybridized carbons (Fsp3) is 0.889. The summed E-state index contributed by atoms with van der Waals surface area (Å²) in [5, 5.41) is 2.60. The van der Waals surface area contributed by atoms with Crippen LogP contribution in [0.15, 0.2) is 0 Å². The van der Waals surface area contributed by atoms with Crippen LogP contribution in [-0.4, -0.2) is 43.5 Å². The van der Waals surface area contributed by atoms with Crippen LogP contribution in [-0.2, 0) is 4.79 Å². The van der Waals surface area contributed by atoms with Crippen molar-refractivity contribution in [3.8, 4) is 0 Å². The molecule has 0 saturated heterocycles. The highest BCUT2D eigenvalue weighted by Gasteiger charge is 2.09. The smallest absolute Gasteiger partial charge is 0.221 e. The van der Waals surface area contributed by atoms with E-state index in [2.05, 4.69) is 24.1 Å². The Morgan fingerprint density at radius 1 is 1.46 bits per heavy atom. The summed E-state index contributed by atoms with van der Waals surface area (Å²) in [6.45, 7) is 6.51. The van der Waals surface area contributed by atoms with E-state index in [1.807, 2.05) is 0 Å². The number of carbonyl (C=O) groups is 1. The van der Waals surface area contributed by atoms with E-state index in [-0.39, 0.29) is 5.91 Å². The van der Waals surface area contributed by atoms with Gasteiger partial charge in [0.25, 0.3) is 0 Å². The molecule has 0 aliphatic rings. The van der Waals surface area contributed by atoms with Crippen molar-refractivity contribution in [1.82, 2.24) is 10.2 Å². The van der Waals surface area contributed by atoms with Gasteiger partial charge in [-0.1, -0.05) is 0 Å².